The molecule has 3 N–H and O–H groups in total. The Labute approximate surface area is 215 Å². The van der Waals surface area contributed by atoms with Gasteiger partial charge in [-0.25, -0.2) is 19.9 Å². The van der Waals surface area contributed by atoms with Crippen LogP contribution in [0.15, 0.2) is 71.6 Å². The van der Waals surface area contributed by atoms with Gasteiger partial charge >= 0.3 is 0 Å². The molecule has 0 aliphatic rings. The van der Waals surface area contributed by atoms with E-state index in [0.717, 1.165) is 50.3 Å². The van der Waals surface area contributed by atoms with Crippen LogP contribution < -0.4 is 10.6 Å². The molecule has 0 aliphatic heterocycles. The molecule has 0 aliphatic carbocycles. The molecule has 3 heterocycles. The van der Waals surface area contributed by atoms with Crippen LogP contribution in [0.4, 0.5) is 11.8 Å². The number of anilines is 2. The average Bonchev–Trinajstić information content (AvgIpc) is 3.29. The first-order valence-corrected chi connectivity index (χ1v) is 12.4. The highest BCUT2D eigenvalue weighted by atomic mass is 16.3. The molecule has 0 amide bonds. The van der Waals surface area contributed by atoms with Crippen molar-refractivity contribution in [1.29, 1.82) is 0 Å². The Balaban J connectivity index is 1.34. The summed E-state index contributed by atoms with van der Waals surface area (Å²) in [7, 11) is 0. The van der Waals surface area contributed by atoms with Crippen molar-refractivity contribution in [2.75, 3.05) is 23.8 Å². The van der Waals surface area contributed by atoms with E-state index in [1.54, 1.807) is 6.26 Å². The van der Waals surface area contributed by atoms with E-state index in [1.807, 2.05) is 50.5 Å². The van der Waals surface area contributed by atoms with Gasteiger partial charge in [0.05, 0.1) is 12.0 Å². The molecule has 0 radical (unpaired) electrons. The van der Waals surface area contributed by atoms with Crippen molar-refractivity contribution < 1.29 is 9.52 Å². The number of hydrogen-bond donors (Lipinski definition) is 3. The lowest BCUT2D eigenvalue weighted by Crippen LogP contribution is -2.09. The summed E-state index contributed by atoms with van der Waals surface area (Å²) in [6, 6.07) is 16.4. The Morgan fingerprint density at radius 3 is 2.59 bits per heavy atom. The van der Waals surface area contributed by atoms with E-state index in [9.17, 15) is 0 Å². The summed E-state index contributed by atoms with van der Waals surface area (Å²) in [5.74, 6) is 2.03. The van der Waals surface area contributed by atoms with Crippen molar-refractivity contribution in [2.45, 2.75) is 33.2 Å². The van der Waals surface area contributed by atoms with Crippen molar-refractivity contribution >= 4 is 22.7 Å². The maximum atomic E-state index is 8.92. The molecule has 1 unspecified atom stereocenters. The second-order valence-electron chi connectivity index (χ2n) is 9.11. The summed E-state index contributed by atoms with van der Waals surface area (Å²) in [4.78, 5) is 18.1. The number of aromatic nitrogens is 4. The van der Waals surface area contributed by atoms with E-state index in [1.165, 1.54) is 0 Å². The molecule has 3 aromatic heterocycles. The minimum absolute atomic E-state index is 0.0149. The number of aryl methyl sites for hydroxylation is 2. The van der Waals surface area contributed by atoms with E-state index < -0.39 is 0 Å². The van der Waals surface area contributed by atoms with Gasteiger partial charge in [-0.2, -0.15) is 0 Å². The number of hydrogen-bond acceptors (Lipinski definition) is 8. The van der Waals surface area contributed by atoms with Gasteiger partial charge in [-0.05, 0) is 68.1 Å². The number of benzene rings is 2. The number of nitrogens with zero attached hydrogens (tertiary/aromatic N) is 4. The number of aliphatic hydroxyl groups excluding tert-OH is 1. The van der Waals surface area contributed by atoms with Crippen LogP contribution in [0, 0.1) is 13.8 Å². The lowest BCUT2D eigenvalue weighted by Gasteiger charge is -2.17. The molecule has 0 saturated heterocycles. The van der Waals surface area contributed by atoms with Crippen LogP contribution in [0.25, 0.3) is 33.4 Å². The molecule has 5 rings (SSSR count). The monoisotopic (exact) mass is 494 g/mol. The number of rotatable bonds is 9. The Morgan fingerprint density at radius 2 is 1.78 bits per heavy atom. The molecule has 8 nitrogen and oxygen atoms in total. The Bertz CT molecular complexity index is 1510. The smallest absolute Gasteiger partial charge is 0.222 e. The first-order valence-electron chi connectivity index (χ1n) is 12.4. The minimum atomic E-state index is 0.0149. The topological polar surface area (TPSA) is 109 Å². The fourth-order valence-electron chi connectivity index (χ4n) is 4.25. The maximum Gasteiger partial charge on any atom is 0.222 e. The van der Waals surface area contributed by atoms with Gasteiger partial charge in [0.15, 0.2) is 0 Å². The highest BCUT2D eigenvalue weighted by Crippen LogP contribution is 2.29. The van der Waals surface area contributed by atoms with Crippen molar-refractivity contribution in [3.8, 4) is 22.4 Å². The fraction of sp³-hybridized carbons (Fsp3) is 0.241. The summed E-state index contributed by atoms with van der Waals surface area (Å²) in [5, 5.41) is 16.7. The molecule has 0 spiro atoms. The zero-order valence-electron chi connectivity index (χ0n) is 21.2. The average molecular weight is 495 g/mol. The van der Waals surface area contributed by atoms with Crippen LogP contribution in [-0.2, 0) is 0 Å². The third-order valence-corrected chi connectivity index (χ3v) is 6.25. The van der Waals surface area contributed by atoms with Gasteiger partial charge in [0.2, 0.25) is 5.95 Å². The quantitative estimate of drug-likeness (QED) is 0.216. The highest BCUT2D eigenvalue weighted by Gasteiger charge is 2.12. The Kier molecular flexibility index (Phi) is 7.09. The molecule has 8 heteroatoms. The zero-order valence-corrected chi connectivity index (χ0v) is 21.2. The van der Waals surface area contributed by atoms with Gasteiger partial charge < -0.3 is 20.2 Å². The molecule has 0 bridgehead atoms. The minimum Gasteiger partial charge on any atom is -0.464 e. The van der Waals surface area contributed by atoms with Gasteiger partial charge in [-0.3, -0.25) is 0 Å². The lowest BCUT2D eigenvalue weighted by molar-refractivity contribution is 0.292. The van der Waals surface area contributed by atoms with Gasteiger partial charge in [-0.15, -0.1) is 0 Å². The van der Waals surface area contributed by atoms with Gasteiger partial charge in [0.25, 0.3) is 0 Å². The summed E-state index contributed by atoms with van der Waals surface area (Å²) in [6.07, 6.45) is 6.05. The molecule has 2 aromatic carbocycles. The van der Waals surface area contributed by atoms with Crippen LogP contribution in [0.3, 0.4) is 0 Å². The predicted octanol–water partition coefficient (Wildman–Crippen LogP) is 5.93. The summed E-state index contributed by atoms with van der Waals surface area (Å²) >= 11 is 0. The van der Waals surface area contributed by atoms with Crippen molar-refractivity contribution in [3.63, 3.8) is 0 Å². The molecule has 0 saturated carbocycles. The van der Waals surface area contributed by atoms with E-state index in [0.29, 0.717) is 24.7 Å². The van der Waals surface area contributed by atoms with Crippen LogP contribution in [0.5, 0.6) is 0 Å². The maximum absolute atomic E-state index is 8.92. The SMILES string of the molecule is Cc1nc(NC(C)c2cccc(-c3cnc(NCCCO)nc3)c2)cc(-c2ccc3occ(C)c3c2)n1. The third kappa shape index (κ3) is 5.59. The van der Waals surface area contributed by atoms with E-state index in [2.05, 4.69) is 61.8 Å². The first kappa shape index (κ1) is 24.4. The van der Waals surface area contributed by atoms with Crippen molar-refractivity contribution in [2.24, 2.45) is 0 Å². The molecular weight excluding hydrogens is 464 g/mol. The second-order valence-corrected chi connectivity index (χ2v) is 9.11. The molecule has 188 valence electrons. The van der Waals surface area contributed by atoms with Crippen LogP contribution in [0.2, 0.25) is 0 Å². The van der Waals surface area contributed by atoms with Gasteiger partial charge in [-0.1, -0.05) is 18.2 Å². The standard InChI is InChI=1S/C29H30N6O2/c1-18-17-37-27-9-8-23(13-25(18)27)26-14-28(35-20(3)34-26)33-19(2)21-6-4-7-22(12-21)24-15-31-29(32-16-24)30-10-5-11-36/h4,6-9,12-17,19,36H,5,10-11H2,1-3H3,(H,30,31,32)(H,33,34,35). The normalized spacial score (nSPS) is 12.0. The zero-order chi connectivity index (χ0) is 25.8. The molecule has 1 atom stereocenters. The predicted molar refractivity (Wildman–Crippen MR) is 146 cm³/mol. The second kappa shape index (κ2) is 10.8. The third-order valence-electron chi connectivity index (χ3n) is 6.25. The first-order chi connectivity index (χ1) is 18.0. The van der Waals surface area contributed by atoms with E-state index >= 15 is 0 Å². The number of nitrogens with one attached hydrogen (secondary N) is 2. The largest absolute Gasteiger partial charge is 0.464 e. The molecule has 0 fully saturated rings. The Morgan fingerprint density at radius 1 is 0.946 bits per heavy atom. The highest BCUT2D eigenvalue weighted by molar-refractivity contribution is 5.85. The van der Waals surface area contributed by atoms with Crippen LogP contribution >= 0.6 is 0 Å². The molecular formula is C29H30N6O2. The summed E-state index contributed by atoms with van der Waals surface area (Å²) < 4.78 is 5.59. The van der Waals surface area contributed by atoms with Crippen molar-refractivity contribution in [1.82, 2.24) is 19.9 Å². The number of fused-ring (bicyclic) bond motifs is 1. The summed E-state index contributed by atoms with van der Waals surface area (Å²) in [5.41, 5.74) is 6.96. The number of furan rings is 1. The molecule has 37 heavy (non-hydrogen) atoms. The number of aliphatic hydroxyl groups is 1. The van der Waals surface area contributed by atoms with Crippen LogP contribution in [-0.4, -0.2) is 38.2 Å². The fourth-order valence-corrected chi connectivity index (χ4v) is 4.25. The van der Waals surface area contributed by atoms with Crippen molar-refractivity contribution in [3.05, 3.63) is 84.1 Å². The van der Waals surface area contributed by atoms with E-state index in [4.69, 9.17) is 9.52 Å². The van der Waals surface area contributed by atoms with Crippen LogP contribution in [0.1, 0.15) is 36.3 Å². The van der Waals surface area contributed by atoms with E-state index in [-0.39, 0.29) is 12.6 Å². The van der Waals surface area contributed by atoms with Gasteiger partial charge in [0.1, 0.15) is 17.2 Å². The lowest BCUT2D eigenvalue weighted by atomic mass is 10.0. The molecule has 5 aromatic rings. The summed E-state index contributed by atoms with van der Waals surface area (Å²) in [6.45, 7) is 6.84. The van der Waals surface area contributed by atoms with Gasteiger partial charge in [0, 0.05) is 54.2 Å². The Hall–Kier alpha value is -4.30.